The van der Waals surface area contributed by atoms with Crippen LogP contribution in [0.25, 0.3) is 0 Å². The Bertz CT molecular complexity index is 548. The van der Waals surface area contributed by atoms with Gasteiger partial charge in [0, 0.05) is 31.7 Å². The third kappa shape index (κ3) is 3.51. The Kier molecular flexibility index (Phi) is 4.88. The SMILES string of the molecule is COc1cc(NCC2C3CCCCCC32)nc(C2CCOCC2)n1. The molecule has 1 N–H and O–H groups in total. The van der Waals surface area contributed by atoms with Crippen molar-refractivity contribution in [1.29, 1.82) is 0 Å². The molecule has 1 aromatic heterocycles. The van der Waals surface area contributed by atoms with Crippen molar-refractivity contribution in [1.82, 2.24) is 9.97 Å². The summed E-state index contributed by atoms with van der Waals surface area (Å²) < 4.78 is 10.9. The van der Waals surface area contributed by atoms with E-state index in [4.69, 9.17) is 14.5 Å². The second kappa shape index (κ2) is 7.26. The quantitative estimate of drug-likeness (QED) is 0.893. The van der Waals surface area contributed by atoms with Crippen LogP contribution in [0.3, 0.4) is 0 Å². The maximum absolute atomic E-state index is 5.46. The van der Waals surface area contributed by atoms with Gasteiger partial charge >= 0.3 is 0 Å². The first-order valence-electron chi connectivity index (χ1n) is 9.59. The number of ether oxygens (including phenoxy) is 2. The van der Waals surface area contributed by atoms with Crippen molar-refractivity contribution in [3.63, 3.8) is 0 Å². The smallest absolute Gasteiger partial charge is 0.218 e. The first-order valence-corrected chi connectivity index (χ1v) is 9.59. The molecule has 2 heterocycles. The van der Waals surface area contributed by atoms with Crippen molar-refractivity contribution >= 4 is 5.82 Å². The summed E-state index contributed by atoms with van der Waals surface area (Å²) in [4.78, 5) is 9.36. The number of methoxy groups -OCH3 is 1. The maximum atomic E-state index is 5.46. The Hall–Kier alpha value is -1.36. The Balaban J connectivity index is 1.40. The number of nitrogens with one attached hydrogen (secondary N) is 1. The van der Waals surface area contributed by atoms with E-state index in [1.54, 1.807) is 7.11 Å². The molecule has 3 aliphatic rings. The molecule has 2 atom stereocenters. The highest BCUT2D eigenvalue weighted by Crippen LogP contribution is 2.54. The first-order chi connectivity index (χ1) is 11.8. The van der Waals surface area contributed by atoms with Gasteiger partial charge in [0.15, 0.2) is 0 Å². The van der Waals surface area contributed by atoms with Crippen LogP contribution in [-0.2, 0) is 4.74 Å². The average molecular weight is 331 g/mol. The first kappa shape index (κ1) is 16.1. The van der Waals surface area contributed by atoms with Gasteiger partial charge in [-0.05, 0) is 43.4 Å². The van der Waals surface area contributed by atoms with Crippen molar-refractivity contribution in [2.45, 2.75) is 50.9 Å². The monoisotopic (exact) mass is 331 g/mol. The van der Waals surface area contributed by atoms with Gasteiger partial charge in [-0.2, -0.15) is 4.98 Å². The molecule has 0 bridgehead atoms. The summed E-state index contributed by atoms with van der Waals surface area (Å²) in [5.74, 6) is 5.64. The topological polar surface area (TPSA) is 56.3 Å². The lowest BCUT2D eigenvalue weighted by Crippen LogP contribution is -2.18. The highest BCUT2D eigenvalue weighted by molar-refractivity contribution is 5.39. The van der Waals surface area contributed by atoms with Crippen LogP contribution < -0.4 is 10.1 Å². The molecular weight excluding hydrogens is 302 g/mol. The minimum atomic E-state index is 0.390. The van der Waals surface area contributed by atoms with Gasteiger partial charge in [-0.25, -0.2) is 4.98 Å². The average Bonchev–Trinajstić information content (AvgIpc) is 3.35. The van der Waals surface area contributed by atoms with E-state index in [2.05, 4.69) is 10.3 Å². The molecule has 4 rings (SSSR count). The van der Waals surface area contributed by atoms with E-state index < -0.39 is 0 Å². The molecule has 3 fully saturated rings. The van der Waals surface area contributed by atoms with E-state index >= 15 is 0 Å². The highest BCUT2D eigenvalue weighted by Gasteiger charge is 2.48. The molecule has 1 saturated heterocycles. The van der Waals surface area contributed by atoms with E-state index in [1.165, 1.54) is 32.1 Å². The summed E-state index contributed by atoms with van der Waals surface area (Å²) >= 11 is 0. The summed E-state index contributed by atoms with van der Waals surface area (Å²) in [5, 5.41) is 3.58. The van der Waals surface area contributed by atoms with Gasteiger partial charge in [0.2, 0.25) is 5.88 Å². The Labute approximate surface area is 144 Å². The van der Waals surface area contributed by atoms with E-state index in [-0.39, 0.29) is 0 Å². The summed E-state index contributed by atoms with van der Waals surface area (Å²) in [6.45, 7) is 2.65. The summed E-state index contributed by atoms with van der Waals surface area (Å²) in [6.07, 6.45) is 9.14. The van der Waals surface area contributed by atoms with Crippen LogP contribution in [0.15, 0.2) is 6.07 Å². The summed E-state index contributed by atoms with van der Waals surface area (Å²) in [7, 11) is 1.68. The van der Waals surface area contributed by atoms with Crippen LogP contribution in [0, 0.1) is 17.8 Å². The van der Waals surface area contributed by atoms with Crippen molar-refractivity contribution < 1.29 is 9.47 Å². The number of nitrogens with zero attached hydrogens (tertiary/aromatic N) is 2. The molecule has 5 heteroatoms. The maximum Gasteiger partial charge on any atom is 0.218 e. The minimum absolute atomic E-state index is 0.390. The zero-order valence-corrected chi connectivity index (χ0v) is 14.7. The lowest BCUT2D eigenvalue weighted by molar-refractivity contribution is 0.0834. The Morgan fingerprint density at radius 1 is 1.08 bits per heavy atom. The fourth-order valence-corrected chi connectivity index (χ4v) is 4.62. The molecule has 0 amide bonds. The van der Waals surface area contributed by atoms with E-state index in [9.17, 15) is 0 Å². The lowest BCUT2D eigenvalue weighted by Gasteiger charge is -2.21. The van der Waals surface area contributed by atoms with Crippen molar-refractivity contribution in [3.8, 4) is 5.88 Å². The zero-order valence-electron chi connectivity index (χ0n) is 14.7. The van der Waals surface area contributed by atoms with E-state index in [0.717, 1.165) is 62.0 Å². The molecule has 0 aromatic carbocycles. The number of rotatable bonds is 5. The summed E-state index contributed by atoms with van der Waals surface area (Å²) in [5.41, 5.74) is 0. The van der Waals surface area contributed by atoms with E-state index in [0.29, 0.717) is 11.8 Å². The van der Waals surface area contributed by atoms with Gasteiger partial charge in [0.05, 0.1) is 7.11 Å². The normalized spacial score (nSPS) is 30.3. The van der Waals surface area contributed by atoms with Crippen LogP contribution in [0.5, 0.6) is 5.88 Å². The summed E-state index contributed by atoms with van der Waals surface area (Å²) in [6, 6.07) is 1.93. The lowest BCUT2D eigenvalue weighted by atomic mass is 9.99. The van der Waals surface area contributed by atoms with Crippen molar-refractivity contribution in [3.05, 3.63) is 11.9 Å². The van der Waals surface area contributed by atoms with Gasteiger partial charge in [-0.15, -0.1) is 0 Å². The van der Waals surface area contributed by atoms with Crippen molar-refractivity contribution in [2.24, 2.45) is 17.8 Å². The number of anilines is 1. The molecule has 0 radical (unpaired) electrons. The zero-order chi connectivity index (χ0) is 16.4. The molecule has 5 nitrogen and oxygen atoms in total. The number of aromatic nitrogens is 2. The number of hydrogen-bond acceptors (Lipinski definition) is 5. The van der Waals surface area contributed by atoms with Crippen LogP contribution in [0.1, 0.15) is 56.7 Å². The third-order valence-corrected chi connectivity index (χ3v) is 6.12. The molecule has 2 saturated carbocycles. The van der Waals surface area contributed by atoms with Gasteiger partial charge < -0.3 is 14.8 Å². The predicted octanol–water partition coefficient (Wildman–Crippen LogP) is 3.62. The standard InChI is InChI=1S/C19H29N3O2/c1-23-18-11-17(21-19(22-18)13-7-9-24-10-8-13)20-12-16-14-5-3-2-4-6-15(14)16/h11,13-16H,2-10,12H2,1H3,(H,20,21,22). The van der Waals surface area contributed by atoms with Gasteiger partial charge in [-0.3, -0.25) is 0 Å². The predicted molar refractivity (Wildman–Crippen MR) is 93.4 cm³/mol. The molecular formula is C19H29N3O2. The third-order valence-electron chi connectivity index (χ3n) is 6.12. The van der Waals surface area contributed by atoms with E-state index in [1.807, 2.05) is 6.07 Å². The second-order valence-corrected chi connectivity index (χ2v) is 7.55. The van der Waals surface area contributed by atoms with Gasteiger partial charge in [0.1, 0.15) is 11.6 Å². The van der Waals surface area contributed by atoms with Crippen LogP contribution >= 0.6 is 0 Å². The Morgan fingerprint density at radius 3 is 2.54 bits per heavy atom. The molecule has 24 heavy (non-hydrogen) atoms. The Morgan fingerprint density at radius 2 is 1.83 bits per heavy atom. The minimum Gasteiger partial charge on any atom is -0.481 e. The van der Waals surface area contributed by atoms with Gasteiger partial charge in [0.25, 0.3) is 0 Å². The fraction of sp³-hybridized carbons (Fsp3) is 0.789. The second-order valence-electron chi connectivity index (χ2n) is 7.55. The molecule has 0 spiro atoms. The largest absolute Gasteiger partial charge is 0.481 e. The fourth-order valence-electron chi connectivity index (χ4n) is 4.62. The highest BCUT2D eigenvalue weighted by atomic mass is 16.5. The van der Waals surface area contributed by atoms with Gasteiger partial charge in [-0.1, -0.05) is 19.3 Å². The molecule has 2 unspecified atom stereocenters. The van der Waals surface area contributed by atoms with Crippen LogP contribution in [-0.4, -0.2) is 36.8 Å². The molecule has 1 aromatic rings. The number of hydrogen-bond donors (Lipinski definition) is 1. The van der Waals surface area contributed by atoms with Crippen LogP contribution in [0.4, 0.5) is 5.82 Å². The molecule has 2 aliphatic carbocycles. The molecule has 132 valence electrons. The van der Waals surface area contributed by atoms with Crippen LogP contribution in [0.2, 0.25) is 0 Å². The number of fused-ring (bicyclic) bond motifs is 1. The molecule has 1 aliphatic heterocycles. The van der Waals surface area contributed by atoms with Crippen molar-refractivity contribution in [2.75, 3.05) is 32.2 Å².